The smallest absolute Gasteiger partial charge is 0.0804 e. The molecular formula is C21H32O4. The Balaban J connectivity index is 1.85. The molecule has 0 saturated heterocycles. The van der Waals surface area contributed by atoms with Crippen LogP contribution in [0.3, 0.4) is 0 Å². The Morgan fingerprint density at radius 1 is 1.16 bits per heavy atom. The summed E-state index contributed by atoms with van der Waals surface area (Å²) in [7, 11) is 0. The Bertz CT molecular complexity index is 578. The summed E-state index contributed by atoms with van der Waals surface area (Å²) in [5.41, 5.74) is 3.27. The molecule has 0 bridgehead atoms. The van der Waals surface area contributed by atoms with Gasteiger partial charge in [0.05, 0.1) is 24.9 Å². The van der Waals surface area contributed by atoms with Crippen LogP contribution in [-0.2, 0) is 0 Å². The Labute approximate surface area is 150 Å². The van der Waals surface area contributed by atoms with E-state index in [1.165, 1.54) is 5.57 Å². The van der Waals surface area contributed by atoms with Gasteiger partial charge in [-0.25, -0.2) is 0 Å². The van der Waals surface area contributed by atoms with Gasteiger partial charge in [0, 0.05) is 0 Å². The Kier molecular flexibility index (Phi) is 5.54. The molecule has 25 heavy (non-hydrogen) atoms. The molecule has 3 aliphatic carbocycles. The Morgan fingerprint density at radius 2 is 1.92 bits per heavy atom. The number of aliphatic hydroxyl groups excluding tert-OH is 4. The minimum absolute atomic E-state index is 0.0278. The molecule has 0 aromatic heterocycles. The summed E-state index contributed by atoms with van der Waals surface area (Å²) < 4.78 is 0. The zero-order valence-electron chi connectivity index (χ0n) is 15.2. The van der Waals surface area contributed by atoms with Gasteiger partial charge < -0.3 is 20.4 Å². The highest BCUT2D eigenvalue weighted by atomic mass is 16.3. The van der Waals surface area contributed by atoms with Gasteiger partial charge >= 0.3 is 0 Å². The highest BCUT2D eigenvalue weighted by Crippen LogP contribution is 2.58. The van der Waals surface area contributed by atoms with E-state index in [9.17, 15) is 20.4 Å². The van der Waals surface area contributed by atoms with Gasteiger partial charge in [-0.1, -0.05) is 36.8 Å². The molecule has 0 spiro atoms. The minimum atomic E-state index is -0.715. The van der Waals surface area contributed by atoms with E-state index in [2.05, 4.69) is 25.7 Å². The van der Waals surface area contributed by atoms with Crippen LogP contribution < -0.4 is 0 Å². The van der Waals surface area contributed by atoms with Gasteiger partial charge in [-0.05, 0) is 67.8 Å². The predicted molar refractivity (Wildman–Crippen MR) is 97.8 cm³/mol. The third-order valence-electron chi connectivity index (χ3n) is 6.84. The van der Waals surface area contributed by atoms with Gasteiger partial charge in [0.25, 0.3) is 0 Å². The van der Waals surface area contributed by atoms with Crippen molar-refractivity contribution in [1.82, 2.24) is 0 Å². The number of rotatable bonds is 3. The zero-order valence-corrected chi connectivity index (χ0v) is 15.2. The summed E-state index contributed by atoms with van der Waals surface area (Å²) in [4.78, 5) is 0. The molecular weight excluding hydrogens is 316 g/mol. The van der Waals surface area contributed by atoms with E-state index in [1.807, 2.05) is 0 Å². The quantitative estimate of drug-likeness (QED) is 0.632. The molecule has 0 unspecified atom stereocenters. The number of hydrogen-bond donors (Lipinski definition) is 4. The van der Waals surface area contributed by atoms with Crippen LogP contribution in [0.5, 0.6) is 0 Å². The molecule has 0 aromatic rings. The van der Waals surface area contributed by atoms with Crippen LogP contribution in [-0.4, -0.2) is 45.3 Å². The monoisotopic (exact) mass is 348 g/mol. The fourth-order valence-electron chi connectivity index (χ4n) is 5.50. The van der Waals surface area contributed by atoms with E-state index >= 15 is 0 Å². The molecule has 140 valence electrons. The van der Waals surface area contributed by atoms with Gasteiger partial charge in [0.15, 0.2) is 0 Å². The van der Waals surface area contributed by atoms with E-state index in [-0.39, 0.29) is 24.0 Å². The summed E-state index contributed by atoms with van der Waals surface area (Å²) in [6.45, 7) is 6.05. The average molecular weight is 348 g/mol. The van der Waals surface area contributed by atoms with Gasteiger partial charge in [-0.15, -0.1) is 0 Å². The maximum atomic E-state index is 10.4. The topological polar surface area (TPSA) is 80.9 Å². The average Bonchev–Trinajstić information content (AvgIpc) is 2.91. The third-order valence-corrected chi connectivity index (χ3v) is 6.84. The lowest BCUT2D eigenvalue weighted by Crippen LogP contribution is -2.43. The highest BCUT2D eigenvalue weighted by molar-refractivity contribution is 5.36. The standard InChI is InChI=1S/C21H32O4/c1-13-3-6-16(23)9-14(13)4-5-15-10-17(24)11-21(2)18(15)7-8-19(21)20(25)12-22/h4-5,16-20,22-25H,1,3,6-12H2,2H3/b14-4-,15-5+/t16-,17-,18-,19+,20-,21-/m0/s1. The molecule has 3 aliphatic rings. The molecule has 0 amide bonds. The molecule has 3 fully saturated rings. The van der Waals surface area contributed by atoms with E-state index in [1.54, 1.807) is 0 Å². The number of fused-ring (bicyclic) bond motifs is 1. The van der Waals surface area contributed by atoms with Crippen LogP contribution in [0.2, 0.25) is 0 Å². The lowest BCUT2D eigenvalue weighted by molar-refractivity contribution is -0.0366. The van der Waals surface area contributed by atoms with Crippen LogP contribution in [0.15, 0.2) is 35.5 Å². The largest absolute Gasteiger partial charge is 0.394 e. The Morgan fingerprint density at radius 3 is 2.64 bits per heavy atom. The summed E-state index contributed by atoms with van der Waals surface area (Å²) >= 11 is 0. The molecule has 0 heterocycles. The maximum absolute atomic E-state index is 10.4. The molecule has 4 nitrogen and oxygen atoms in total. The number of hydrogen-bond acceptors (Lipinski definition) is 4. The molecule has 3 rings (SSSR count). The fraction of sp³-hybridized carbons (Fsp3) is 0.714. The molecule has 0 radical (unpaired) electrons. The molecule has 0 aromatic carbocycles. The number of allylic oxidation sites excluding steroid dienone is 3. The summed E-state index contributed by atoms with van der Waals surface area (Å²) in [6, 6.07) is 0. The van der Waals surface area contributed by atoms with Crippen LogP contribution >= 0.6 is 0 Å². The number of aliphatic hydroxyl groups is 4. The van der Waals surface area contributed by atoms with E-state index in [4.69, 9.17) is 0 Å². The van der Waals surface area contributed by atoms with Crippen molar-refractivity contribution >= 4 is 0 Å². The first-order valence-electron chi connectivity index (χ1n) is 9.58. The van der Waals surface area contributed by atoms with Crippen LogP contribution in [0, 0.1) is 17.3 Å². The second-order valence-electron chi connectivity index (χ2n) is 8.49. The van der Waals surface area contributed by atoms with Crippen molar-refractivity contribution in [2.24, 2.45) is 17.3 Å². The first-order valence-corrected chi connectivity index (χ1v) is 9.58. The fourth-order valence-corrected chi connectivity index (χ4v) is 5.50. The molecule has 3 saturated carbocycles. The molecule has 4 heteroatoms. The van der Waals surface area contributed by atoms with Gasteiger partial charge in [0.2, 0.25) is 0 Å². The van der Waals surface area contributed by atoms with Crippen molar-refractivity contribution in [2.45, 2.75) is 70.2 Å². The summed E-state index contributed by atoms with van der Waals surface area (Å²) in [5.74, 6) is 0.362. The molecule has 4 N–H and O–H groups in total. The molecule has 0 aliphatic heterocycles. The third kappa shape index (κ3) is 3.63. The molecule has 6 atom stereocenters. The maximum Gasteiger partial charge on any atom is 0.0804 e. The van der Waals surface area contributed by atoms with Crippen molar-refractivity contribution in [3.8, 4) is 0 Å². The van der Waals surface area contributed by atoms with Crippen molar-refractivity contribution < 1.29 is 20.4 Å². The van der Waals surface area contributed by atoms with E-state index in [0.29, 0.717) is 25.2 Å². The SMILES string of the molecule is C=C1CC[C@H](O)C/C1=C/C=C1\C[C@H](O)C[C@]2(C)[C@@H]([C@@H](O)CO)CC[C@@H]12. The van der Waals surface area contributed by atoms with Crippen LogP contribution in [0.1, 0.15) is 51.9 Å². The second kappa shape index (κ2) is 7.36. The van der Waals surface area contributed by atoms with E-state index in [0.717, 1.165) is 36.8 Å². The Hall–Kier alpha value is -0.940. The summed E-state index contributed by atoms with van der Waals surface area (Å²) in [5, 5.41) is 39.9. The minimum Gasteiger partial charge on any atom is -0.394 e. The van der Waals surface area contributed by atoms with Crippen molar-refractivity contribution in [3.63, 3.8) is 0 Å². The predicted octanol–water partition coefficient (Wildman–Crippen LogP) is 2.48. The van der Waals surface area contributed by atoms with Crippen molar-refractivity contribution in [3.05, 3.63) is 35.5 Å². The zero-order chi connectivity index (χ0) is 18.2. The van der Waals surface area contributed by atoms with Crippen LogP contribution in [0.4, 0.5) is 0 Å². The van der Waals surface area contributed by atoms with Crippen molar-refractivity contribution in [2.75, 3.05) is 6.61 Å². The summed E-state index contributed by atoms with van der Waals surface area (Å²) in [6.07, 6.45) is 8.29. The highest BCUT2D eigenvalue weighted by Gasteiger charge is 2.53. The van der Waals surface area contributed by atoms with Crippen LogP contribution in [0.25, 0.3) is 0 Å². The van der Waals surface area contributed by atoms with Crippen molar-refractivity contribution in [1.29, 1.82) is 0 Å². The van der Waals surface area contributed by atoms with Gasteiger partial charge in [-0.3, -0.25) is 0 Å². The van der Waals surface area contributed by atoms with Gasteiger partial charge in [-0.2, -0.15) is 0 Å². The van der Waals surface area contributed by atoms with Gasteiger partial charge in [0.1, 0.15) is 0 Å². The lowest BCUT2D eigenvalue weighted by atomic mass is 9.61. The first-order chi connectivity index (χ1) is 11.8. The normalized spacial score (nSPS) is 43.5. The second-order valence-corrected chi connectivity index (χ2v) is 8.49. The van der Waals surface area contributed by atoms with E-state index < -0.39 is 12.2 Å². The lowest BCUT2D eigenvalue weighted by Gasteiger charge is -2.45. The first kappa shape index (κ1) is 18.8.